The lowest BCUT2D eigenvalue weighted by Crippen LogP contribution is -2.34. The Hall–Kier alpha value is -1.35. The lowest BCUT2D eigenvalue weighted by Gasteiger charge is -2.13. The summed E-state index contributed by atoms with van der Waals surface area (Å²) in [7, 11) is 0. The smallest absolute Gasteiger partial charge is 0.224 e. The molecule has 1 aromatic rings. The normalized spacial score (nSPS) is 16.0. The van der Waals surface area contributed by atoms with Gasteiger partial charge in [0.2, 0.25) is 5.91 Å². The van der Waals surface area contributed by atoms with Crippen molar-refractivity contribution in [1.82, 2.24) is 10.6 Å². The van der Waals surface area contributed by atoms with E-state index >= 15 is 0 Å². The van der Waals surface area contributed by atoms with Crippen LogP contribution < -0.4 is 10.6 Å². The molecule has 3 nitrogen and oxygen atoms in total. The van der Waals surface area contributed by atoms with Crippen LogP contribution in [0.1, 0.15) is 26.4 Å². The highest BCUT2D eigenvalue weighted by molar-refractivity contribution is 5.78. The molecule has 1 heterocycles. The molecule has 3 heteroatoms. The maximum Gasteiger partial charge on any atom is 0.224 e. The summed E-state index contributed by atoms with van der Waals surface area (Å²) in [4.78, 5) is 11.5. The minimum atomic E-state index is 0. The number of fused-ring (bicyclic) bond motifs is 1. The third-order valence-corrected chi connectivity index (χ3v) is 2.66. The number of benzene rings is 1. The van der Waals surface area contributed by atoms with Gasteiger partial charge in [-0.1, -0.05) is 38.1 Å². The van der Waals surface area contributed by atoms with E-state index in [1.165, 1.54) is 5.56 Å². The van der Waals surface area contributed by atoms with E-state index in [9.17, 15) is 4.79 Å². The molecule has 17 heavy (non-hydrogen) atoms. The van der Waals surface area contributed by atoms with Gasteiger partial charge in [0.1, 0.15) is 0 Å². The van der Waals surface area contributed by atoms with Gasteiger partial charge in [-0.25, -0.2) is 0 Å². The highest BCUT2D eigenvalue weighted by Gasteiger charge is 2.08. The summed E-state index contributed by atoms with van der Waals surface area (Å²) in [5, 5.41) is 6.19. The molecule has 0 aromatic heterocycles. The van der Waals surface area contributed by atoms with Gasteiger partial charge in [-0.05, 0) is 24.1 Å². The monoisotopic (exact) mass is 236 g/mol. The standard InChI is InChI=1S/C12H16N2O.C2H6.H2/c15-12-9-11-4-2-1-3-10(11)5-6-13-7-8-14-12;1-2;/h1-4,13H,5-9H2,(H,14,15);1-2H3;1H. The second-order valence-electron chi connectivity index (χ2n) is 3.80. The minimum Gasteiger partial charge on any atom is -0.355 e. The zero-order valence-corrected chi connectivity index (χ0v) is 10.8. The van der Waals surface area contributed by atoms with Gasteiger partial charge in [-0.3, -0.25) is 4.79 Å². The van der Waals surface area contributed by atoms with Crippen LogP contribution in [0.25, 0.3) is 0 Å². The van der Waals surface area contributed by atoms with Crippen LogP contribution in [-0.4, -0.2) is 25.5 Å². The van der Waals surface area contributed by atoms with Crippen molar-refractivity contribution in [2.24, 2.45) is 0 Å². The van der Waals surface area contributed by atoms with Gasteiger partial charge >= 0.3 is 0 Å². The van der Waals surface area contributed by atoms with Crippen LogP contribution in [0.3, 0.4) is 0 Å². The van der Waals surface area contributed by atoms with Crippen molar-refractivity contribution in [3.05, 3.63) is 35.4 Å². The number of hydrogen-bond donors (Lipinski definition) is 2. The first kappa shape index (κ1) is 13.7. The fourth-order valence-electron chi connectivity index (χ4n) is 1.85. The quantitative estimate of drug-likeness (QED) is 0.721. The first-order chi connectivity index (χ1) is 8.36. The predicted molar refractivity (Wildman–Crippen MR) is 73.2 cm³/mol. The number of carbonyl (C=O) groups excluding carboxylic acids is 1. The molecule has 0 atom stereocenters. The molecule has 1 aliphatic heterocycles. The van der Waals surface area contributed by atoms with Crippen LogP contribution in [0.5, 0.6) is 0 Å². The number of hydrogen-bond acceptors (Lipinski definition) is 2. The molecule has 1 aliphatic rings. The lowest BCUT2D eigenvalue weighted by atomic mass is 10.0. The van der Waals surface area contributed by atoms with E-state index in [2.05, 4.69) is 16.7 Å². The average molecular weight is 236 g/mol. The first-order valence-electron chi connectivity index (χ1n) is 6.40. The highest BCUT2D eigenvalue weighted by atomic mass is 16.1. The van der Waals surface area contributed by atoms with Crippen LogP contribution in [0.4, 0.5) is 0 Å². The largest absolute Gasteiger partial charge is 0.355 e. The summed E-state index contributed by atoms with van der Waals surface area (Å²) in [6.45, 7) is 6.56. The molecular formula is C14H24N2O. The molecule has 1 amide bonds. The molecule has 96 valence electrons. The summed E-state index contributed by atoms with van der Waals surface area (Å²) >= 11 is 0. The summed E-state index contributed by atoms with van der Waals surface area (Å²) in [5.74, 6) is 0.117. The molecule has 0 bridgehead atoms. The van der Waals surface area contributed by atoms with E-state index in [1.807, 2.05) is 32.0 Å². The number of amides is 1. The summed E-state index contributed by atoms with van der Waals surface area (Å²) < 4.78 is 0. The first-order valence-corrected chi connectivity index (χ1v) is 6.40. The fraction of sp³-hybridized carbons (Fsp3) is 0.500. The van der Waals surface area contributed by atoms with E-state index in [-0.39, 0.29) is 7.33 Å². The molecule has 0 aliphatic carbocycles. The third kappa shape index (κ3) is 4.57. The summed E-state index contributed by atoms with van der Waals surface area (Å²) in [5.41, 5.74) is 2.43. The number of carbonyl (C=O) groups is 1. The molecule has 2 rings (SSSR count). The van der Waals surface area contributed by atoms with Gasteiger partial charge in [0, 0.05) is 14.5 Å². The van der Waals surface area contributed by atoms with Gasteiger partial charge in [-0.15, -0.1) is 0 Å². The molecule has 2 N–H and O–H groups in total. The molecule has 1 aromatic carbocycles. The van der Waals surface area contributed by atoms with Crippen LogP contribution in [0.2, 0.25) is 0 Å². The van der Waals surface area contributed by atoms with Crippen LogP contribution in [0.15, 0.2) is 24.3 Å². The zero-order chi connectivity index (χ0) is 12.5. The van der Waals surface area contributed by atoms with E-state index in [4.69, 9.17) is 0 Å². The lowest BCUT2D eigenvalue weighted by molar-refractivity contribution is -0.120. The maximum absolute atomic E-state index is 11.5. The van der Waals surface area contributed by atoms with Crippen molar-refractivity contribution in [2.75, 3.05) is 19.6 Å². The van der Waals surface area contributed by atoms with Crippen molar-refractivity contribution < 1.29 is 6.22 Å². The van der Waals surface area contributed by atoms with Crippen molar-refractivity contribution in [3.63, 3.8) is 0 Å². The predicted octanol–water partition coefficient (Wildman–Crippen LogP) is 1.76. The average Bonchev–Trinajstić information content (AvgIpc) is 2.38. The Bertz CT molecular complexity index is 355. The molecular weight excluding hydrogens is 212 g/mol. The van der Waals surface area contributed by atoms with Gasteiger partial charge in [0.25, 0.3) is 0 Å². The summed E-state index contributed by atoms with van der Waals surface area (Å²) in [6, 6.07) is 8.16. The van der Waals surface area contributed by atoms with Crippen molar-refractivity contribution in [2.45, 2.75) is 26.7 Å². The Kier molecular flexibility index (Phi) is 6.33. The van der Waals surface area contributed by atoms with Crippen molar-refractivity contribution >= 4 is 5.91 Å². The molecule has 0 radical (unpaired) electrons. The van der Waals surface area contributed by atoms with E-state index in [1.54, 1.807) is 0 Å². The molecule has 0 unspecified atom stereocenters. The Morgan fingerprint density at radius 1 is 1.06 bits per heavy atom. The number of rotatable bonds is 0. The highest BCUT2D eigenvalue weighted by Crippen LogP contribution is 2.10. The zero-order valence-electron chi connectivity index (χ0n) is 10.8. The van der Waals surface area contributed by atoms with E-state index in [0.717, 1.165) is 31.6 Å². The Morgan fingerprint density at radius 2 is 1.76 bits per heavy atom. The third-order valence-electron chi connectivity index (χ3n) is 2.66. The molecule has 0 spiro atoms. The molecule has 0 saturated heterocycles. The fourth-order valence-corrected chi connectivity index (χ4v) is 1.85. The SMILES string of the molecule is CC.O=C1Cc2ccccc2CCNCCN1.[HH]. The molecule has 0 saturated carbocycles. The van der Waals surface area contributed by atoms with Crippen molar-refractivity contribution in [1.29, 1.82) is 0 Å². The van der Waals surface area contributed by atoms with Crippen LogP contribution >= 0.6 is 0 Å². The van der Waals surface area contributed by atoms with Crippen molar-refractivity contribution in [3.8, 4) is 0 Å². The van der Waals surface area contributed by atoms with Crippen LogP contribution in [0, 0.1) is 0 Å². The summed E-state index contributed by atoms with van der Waals surface area (Å²) in [6.07, 6.45) is 1.51. The minimum absolute atomic E-state index is 0. The second-order valence-corrected chi connectivity index (χ2v) is 3.80. The van der Waals surface area contributed by atoms with E-state index < -0.39 is 0 Å². The molecule has 0 fully saturated rings. The van der Waals surface area contributed by atoms with Gasteiger partial charge in [0.05, 0.1) is 6.42 Å². The number of nitrogens with one attached hydrogen (secondary N) is 2. The van der Waals surface area contributed by atoms with Crippen LogP contribution in [-0.2, 0) is 17.6 Å². The van der Waals surface area contributed by atoms with Gasteiger partial charge in [-0.2, -0.15) is 0 Å². The maximum atomic E-state index is 11.5. The second kappa shape index (κ2) is 7.85. The Labute approximate surface area is 105 Å². The Morgan fingerprint density at radius 3 is 2.53 bits per heavy atom. The topological polar surface area (TPSA) is 41.1 Å². The van der Waals surface area contributed by atoms with Gasteiger partial charge < -0.3 is 10.6 Å². The van der Waals surface area contributed by atoms with E-state index in [0.29, 0.717) is 6.42 Å². The van der Waals surface area contributed by atoms with Gasteiger partial charge in [0.15, 0.2) is 0 Å². The Balaban J connectivity index is 0.000000917.